The third-order valence-corrected chi connectivity index (χ3v) is 7.33. The molecule has 3 rings (SSSR count). The first-order chi connectivity index (χ1) is 15.9. The van der Waals surface area contributed by atoms with E-state index >= 15 is 0 Å². The number of nitrogens with one attached hydrogen (secondary N) is 1. The van der Waals surface area contributed by atoms with Gasteiger partial charge in [-0.25, -0.2) is 0 Å². The lowest BCUT2D eigenvalue weighted by Gasteiger charge is -2.31. The third kappa shape index (κ3) is 7.63. The number of carbonyl (C=O) groups excluding carboxylic acids is 2. The van der Waals surface area contributed by atoms with Crippen molar-refractivity contribution in [1.82, 2.24) is 10.2 Å². The second-order valence-electron chi connectivity index (χ2n) is 9.41. The minimum absolute atomic E-state index is 0.0100. The van der Waals surface area contributed by atoms with Crippen molar-refractivity contribution < 1.29 is 9.59 Å². The Hall–Kier alpha value is -2.27. The molecule has 2 amide bonds. The first-order valence-electron chi connectivity index (χ1n) is 12.2. The third-order valence-electron chi connectivity index (χ3n) is 6.34. The lowest BCUT2D eigenvalue weighted by Crippen LogP contribution is -2.51. The van der Waals surface area contributed by atoms with Crippen molar-refractivity contribution in [3.05, 3.63) is 70.3 Å². The van der Waals surface area contributed by atoms with Crippen LogP contribution in [0, 0.1) is 20.8 Å². The van der Waals surface area contributed by atoms with E-state index in [9.17, 15) is 9.59 Å². The van der Waals surface area contributed by atoms with Gasteiger partial charge in [0.2, 0.25) is 11.8 Å². The van der Waals surface area contributed by atoms with Gasteiger partial charge in [0.15, 0.2) is 0 Å². The van der Waals surface area contributed by atoms with Crippen molar-refractivity contribution in [2.45, 2.75) is 84.2 Å². The zero-order chi connectivity index (χ0) is 23.8. The summed E-state index contributed by atoms with van der Waals surface area (Å²) in [6, 6.07) is 14.6. The van der Waals surface area contributed by atoms with Gasteiger partial charge in [0.25, 0.3) is 0 Å². The average molecular weight is 467 g/mol. The number of hydrogen-bond acceptors (Lipinski definition) is 3. The fourth-order valence-corrected chi connectivity index (χ4v) is 5.51. The van der Waals surface area contributed by atoms with Gasteiger partial charge in [0.05, 0.1) is 5.75 Å². The van der Waals surface area contributed by atoms with E-state index in [1.54, 1.807) is 16.7 Å². The molecule has 1 atom stereocenters. The van der Waals surface area contributed by atoms with Crippen molar-refractivity contribution >= 4 is 23.6 Å². The van der Waals surface area contributed by atoms with Crippen molar-refractivity contribution in [3.63, 3.8) is 0 Å². The summed E-state index contributed by atoms with van der Waals surface area (Å²) in [5.74, 6) is 1.17. The Balaban J connectivity index is 1.70. The van der Waals surface area contributed by atoms with Gasteiger partial charge in [0, 0.05) is 18.3 Å². The molecular weight excluding hydrogens is 428 g/mol. The lowest BCUT2D eigenvalue weighted by molar-refractivity contribution is -0.139. The number of aryl methyl sites for hydroxylation is 3. The number of amides is 2. The van der Waals surface area contributed by atoms with Crippen LogP contribution in [-0.2, 0) is 21.9 Å². The van der Waals surface area contributed by atoms with E-state index < -0.39 is 6.04 Å². The van der Waals surface area contributed by atoms with Gasteiger partial charge in [-0.15, -0.1) is 11.8 Å². The van der Waals surface area contributed by atoms with Crippen LogP contribution in [0.5, 0.6) is 0 Å². The second kappa shape index (κ2) is 12.3. The molecule has 0 aliphatic heterocycles. The molecule has 0 bridgehead atoms. The maximum Gasteiger partial charge on any atom is 0.243 e. The average Bonchev–Trinajstić information content (AvgIpc) is 3.27. The van der Waals surface area contributed by atoms with Crippen LogP contribution >= 0.6 is 11.8 Å². The molecule has 0 spiro atoms. The van der Waals surface area contributed by atoms with E-state index in [0.717, 1.165) is 24.2 Å². The number of carbonyl (C=O) groups is 2. The van der Waals surface area contributed by atoms with E-state index in [0.29, 0.717) is 18.7 Å². The Kier molecular flexibility index (Phi) is 9.42. The summed E-state index contributed by atoms with van der Waals surface area (Å²) in [5, 5.41) is 3.21. The molecule has 1 fully saturated rings. The highest BCUT2D eigenvalue weighted by Gasteiger charge is 2.30. The summed E-state index contributed by atoms with van der Waals surface area (Å²) >= 11 is 1.62. The van der Waals surface area contributed by atoms with Gasteiger partial charge < -0.3 is 10.2 Å². The summed E-state index contributed by atoms with van der Waals surface area (Å²) in [6.07, 6.45) is 5.03. The number of thioether (sulfide) groups is 1. The van der Waals surface area contributed by atoms with Crippen LogP contribution < -0.4 is 5.32 Å². The van der Waals surface area contributed by atoms with Gasteiger partial charge in [-0.3, -0.25) is 9.59 Å². The molecule has 5 heteroatoms. The Morgan fingerprint density at radius 1 is 0.970 bits per heavy atom. The highest BCUT2D eigenvalue weighted by molar-refractivity contribution is 7.99. The van der Waals surface area contributed by atoms with Crippen molar-refractivity contribution in [2.24, 2.45) is 0 Å². The summed E-state index contributed by atoms with van der Waals surface area (Å²) in [5.41, 5.74) is 5.97. The Labute approximate surface area is 203 Å². The number of nitrogens with zero attached hydrogens (tertiary/aromatic N) is 1. The normalized spacial score (nSPS) is 14.8. The van der Waals surface area contributed by atoms with Crippen molar-refractivity contribution in [1.29, 1.82) is 0 Å². The van der Waals surface area contributed by atoms with E-state index in [4.69, 9.17) is 0 Å². The number of benzene rings is 2. The maximum absolute atomic E-state index is 13.4. The number of hydrogen-bond donors (Lipinski definition) is 1. The van der Waals surface area contributed by atoms with E-state index in [2.05, 4.69) is 68.6 Å². The quantitative estimate of drug-likeness (QED) is 0.488. The van der Waals surface area contributed by atoms with Gasteiger partial charge in [-0.1, -0.05) is 78.9 Å². The van der Waals surface area contributed by atoms with Gasteiger partial charge in [-0.05, 0) is 51.2 Å². The minimum atomic E-state index is -0.443. The van der Waals surface area contributed by atoms with Crippen LogP contribution in [0.25, 0.3) is 0 Å². The van der Waals surface area contributed by atoms with E-state index in [1.165, 1.54) is 35.1 Å². The van der Waals surface area contributed by atoms with Gasteiger partial charge in [0.1, 0.15) is 6.04 Å². The zero-order valence-corrected chi connectivity index (χ0v) is 21.3. The molecule has 2 aromatic rings. The van der Waals surface area contributed by atoms with Crippen LogP contribution in [0.1, 0.15) is 66.8 Å². The molecule has 0 unspecified atom stereocenters. The van der Waals surface area contributed by atoms with Gasteiger partial charge in [-0.2, -0.15) is 0 Å². The Morgan fingerprint density at radius 3 is 2.21 bits per heavy atom. The molecule has 0 radical (unpaired) electrons. The summed E-state index contributed by atoms with van der Waals surface area (Å²) in [6.45, 7) is 8.71. The van der Waals surface area contributed by atoms with Crippen molar-refractivity contribution in [3.8, 4) is 0 Å². The fraction of sp³-hybridized carbons (Fsp3) is 0.500. The zero-order valence-electron chi connectivity index (χ0n) is 20.5. The summed E-state index contributed by atoms with van der Waals surface area (Å²) < 4.78 is 0. The highest BCUT2D eigenvalue weighted by atomic mass is 32.2. The molecule has 4 nitrogen and oxygen atoms in total. The largest absolute Gasteiger partial charge is 0.352 e. The molecule has 1 aliphatic rings. The van der Waals surface area contributed by atoms with Crippen LogP contribution in [-0.4, -0.2) is 34.6 Å². The Bertz CT molecular complexity index is 915. The molecule has 1 N–H and O–H groups in total. The SMILES string of the molecule is CC[C@@H](C(=O)NC1CCCC1)N(Cc1ccc(C)cc1)C(=O)CSCc1cc(C)cc(C)c1. The highest BCUT2D eigenvalue weighted by Crippen LogP contribution is 2.21. The van der Waals surface area contributed by atoms with Crippen LogP contribution in [0.15, 0.2) is 42.5 Å². The van der Waals surface area contributed by atoms with Crippen LogP contribution in [0.2, 0.25) is 0 Å². The predicted octanol–water partition coefficient (Wildman–Crippen LogP) is 5.71. The van der Waals surface area contributed by atoms with Gasteiger partial charge >= 0.3 is 0 Å². The minimum Gasteiger partial charge on any atom is -0.352 e. The predicted molar refractivity (Wildman–Crippen MR) is 138 cm³/mol. The smallest absolute Gasteiger partial charge is 0.243 e. The molecule has 1 saturated carbocycles. The molecule has 0 saturated heterocycles. The molecule has 0 heterocycles. The van der Waals surface area contributed by atoms with Crippen molar-refractivity contribution in [2.75, 3.05) is 5.75 Å². The van der Waals surface area contributed by atoms with Crippen LogP contribution in [0.3, 0.4) is 0 Å². The first kappa shape index (κ1) is 25.4. The first-order valence-corrected chi connectivity index (χ1v) is 13.3. The topological polar surface area (TPSA) is 49.4 Å². The Morgan fingerprint density at radius 2 is 1.61 bits per heavy atom. The maximum atomic E-state index is 13.4. The number of rotatable bonds is 10. The second-order valence-corrected chi connectivity index (χ2v) is 10.4. The van der Waals surface area contributed by atoms with Crippen LogP contribution in [0.4, 0.5) is 0 Å². The molecule has 33 heavy (non-hydrogen) atoms. The standard InChI is InChI=1S/C28H38N2O2S/c1-5-26(28(32)29-25-8-6-7-9-25)30(17-23-12-10-20(2)11-13-23)27(31)19-33-18-24-15-21(3)14-22(4)16-24/h10-16,25-26H,5-9,17-19H2,1-4H3,(H,29,32)/t26-/m0/s1. The summed E-state index contributed by atoms with van der Waals surface area (Å²) in [7, 11) is 0. The molecule has 1 aliphatic carbocycles. The van der Waals surface area contributed by atoms with E-state index in [-0.39, 0.29) is 17.9 Å². The molecular formula is C28H38N2O2S. The summed E-state index contributed by atoms with van der Waals surface area (Å²) in [4.78, 5) is 28.4. The molecule has 2 aromatic carbocycles. The fourth-order valence-electron chi connectivity index (χ4n) is 4.67. The molecule has 0 aromatic heterocycles. The molecule has 178 valence electrons. The lowest BCUT2D eigenvalue weighted by atomic mass is 10.1. The van der Waals surface area contributed by atoms with E-state index in [1.807, 2.05) is 6.92 Å². The monoisotopic (exact) mass is 466 g/mol.